The fourth-order valence-corrected chi connectivity index (χ4v) is 4.08. The van der Waals surface area contributed by atoms with Gasteiger partial charge in [0.15, 0.2) is 11.5 Å². The summed E-state index contributed by atoms with van der Waals surface area (Å²) in [6.07, 6.45) is 1.24. The van der Waals surface area contributed by atoms with E-state index in [1.54, 1.807) is 38.1 Å². The molecular formula is C24H22N2O8S. The normalized spacial score (nSPS) is 15.5. The van der Waals surface area contributed by atoms with Crippen molar-refractivity contribution in [2.45, 2.75) is 20.8 Å². The fraction of sp³-hybridized carbons (Fsp3) is 0.208. The number of carbonyl (C=O) groups excluding carboxylic acids is 2. The molecule has 35 heavy (non-hydrogen) atoms. The molecule has 1 amide bonds. The van der Waals surface area contributed by atoms with Crippen molar-refractivity contribution in [3.8, 4) is 11.5 Å². The van der Waals surface area contributed by atoms with E-state index in [1.165, 1.54) is 6.08 Å². The van der Waals surface area contributed by atoms with E-state index in [2.05, 4.69) is 4.99 Å². The van der Waals surface area contributed by atoms with Crippen LogP contribution in [0, 0.1) is 17.0 Å². The lowest BCUT2D eigenvalue weighted by Gasteiger charge is -2.09. The second-order valence-electron chi connectivity index (χ2n) is 7.21. The summed E-state index contributed by atoms with van der Waals surface area (Å²) in [6, 6.07) is 8.82. The van der Waals surface area contributed by atoms with E-state index in [9.17, 15) is 29.9 Å². The number of amides is 1. The van der Waals surface area contributed by atoms with Crippen molar-refractivity contribution in [3.63, 3.8) is 0 Å². The number of nitro benzene ring substituents is 1. The second-order valence-corrected chi connectivity index (χ2v) is 8.25. The number of nitrogens with zero attached hydrogens (tertiary/aromatic N) is 2. The van der Waals surface area contributed by atoms with E-state index >= 15 is 0 Å². The number of benzene rings is 2. The minimum Gasteiger partial charge on any atom is -0.506 e. The number of aliphatic hydroxyl groups is 1. The van der Waals surface area contributed by atoms with Crippen LogP contribution in [0.3, 0.4) is 0 Å². The number of carbonyl (C=O) groups is 2. The van der Waals surface area contributed by atoms with Gasteiger partial charge in [0.1, 0.15) is 16.4 Å². The molecule has 0 atom stereocenters. The number of rotatable bonds is 7. The molecule has 0 unspecified atom stereocenters. The molecule has 1 aliphatic heterocycles. The molecule has 182 valence electrons. The van der Waals surface area contributed by atoms with Gasteiger partial charge >= 0.3 is 5.97 Å². The molecular weight excluding hydrogens is 476 g/mol. The van der Waals surface area contributed by atoms with Crippen LogP contribution in [0.2, 0.25) is 0 Å². The van der Waals surface area contributed by atoms with Crippen LogP contribution >= 0.6 is 11.8 Å². The SMILES string of the molecule is CCOC(=O)C1=C(O)/C(=C/c2cc([N+](=O)[O-])cc(OCC)c2O)SC1=NC(=O)c1ccc(C)cc1. The molecule has 0 bridgehead atoms. The number of non-ortho nitro benzene ring substituents is 1. The molecule has 3 rings (SSSR count). The molecule has 2 aromatic rings. The van der Waals surface area contributed by atoms with Gasteiger partial charge in [-0.2, -0.15) is 0 Å². The highest BCUT2D eigenvalue weighted by Gasteiger charge is 2.34. The lowest BCUT2D eigenvalue weighted by molar-refractivity contribution is -0.385. The fourth-order valence-electron chi connectivity index (χ4n) is 3.08. The van der Waals surface area contributed by atoms with Crippen molar-refractivity contribution in [1.29, 1.82) is 0 Å². The third-order valence-corrected chi connectivity index (χ3v) is 5.78. The molecule has 1 heterocycles. The van der Waals surface area contributed by atoms with Crippen LogP contribution in [0.5, 0.6) is 11.5 Å². The van der Waals surface area contributed by atoms with E-state index in [-0.39, 0.29) is 51.3 Å². The summed E-state index contributed by atoms with van der Waals surface area (Å²) in [5.74, 6) is -2.58. The summed E-state index contributed by atoms with van der Waals surface area (Å²) in [7, 11) is 0. The van der Waals surface area contributed by atoms with Gasteiger partial charge in [0, 0.05) is 17.2 Å². The van der Waals surface area contributed by atoms with Crippen LogP contribution in [0.25, 0.3) is 6.08 Å². The van der Waals surface area contributed by atoms with Crippen molar-refractivity contribution in [3.05, 3.63) is 79.4 Å². The van der Waals surface area contributed by atoms with Crippen LogP contribution in [-0.2, 0) is 9.53 Å². The summed E-state index contributed by atoms with van der Waals surface area (Å²) < 4.78 is 10.3. The van der Waals surface area contributed by atoms with Crippen LogP contribution in [0.15, 0.2) is 57.6 Å². The van der Waals surface area contributed by atoms with Crippen LogP contribution in [-0.4, -0.2) is 45.3 Å². The van der Waals surface area contributed by atoms with Crippen molar-refractivity contribution in [1.82, 2.24) is 0 Å². The summed E-state index contributed by atoms with van der Waals surface area (Å²) in [5, 5.41) is 32.6. The Morgan fingerprint density at radius 3 is 2.43 bits per heavy atom. The summed E-state index contributed by atoms with van der Waals surface area (Å²) in [4.78, 5) is 39.9. The minimum absolute atomic E-state index is 0.0158. The molecule has 0 saturated carbocycles. The van der Waals surface area contributed by atoms with Gasteiger partial charge in [0.2, 0.25) is 0 Å². The molecule has 0 fully saturated rings. The summed E-state index contributed by atoms with van der Waals surface area (Å²) in [6.45, 7) is 5.26. The average Bonchev–Trinajstić information content (AvgIpc) is 3.11. The highest BCUT2D eigenvalue weighted by Crippen LogP contribution is 2.42. The zero-order valence-electron chi connectivity index (χ0n) is 19.1. The Bertz CT molecular complexity index is 1280. The predicted octanol–water partition coefficient (Wildman–Crippen LogP) is 4.71. The number of aromatic hydroxyl groups is 1. The van der Waals surface area contributed by atoms with Gasteiger partial charge in [0.25, 0.3) is 11.6 Å². The standard InChI is InChI=1S/C24H22N2O8S/c1-4-33-17-12-16(26(31)32)10-15(20(17)27)11-18-21(28)19(24(30)34-5-2)23(35-18)25-22(29)14-8-6-13(3)7-9-14/h6-12,27-28H,4-5H2,1-3H3/b18-11-,25-23?. The monoisotopic (exact) mass is 498 g/mol. The average molecular weight is 499 g/mol. The number of aliphatic imine (C=N–C) groups is 1. The van der Waals surface area contributed by atoms with Gasteiger partial charge in [-0.1, -0.05) is 29.5 Å². The topological polar surface area (TPSA) is 149 Å². The molecule has 10 nitrogen and oxygen atoms in total. The first-order valence-corrected chi connectivity index (χ1v) is 11.3. The minimum atomic E-state index is -0.894. The number of aryl methyl sites for hydroxylation is 1. The Hall–Kier alpha value is -4.12. The molecule has 0 spiro atoms. The number of thioether (sulfide) groups is 1. The molecule has 2 aromatic carbocycles. The Kier molecular flexibility index (Phi) is 7.92. The number of nitro groups is 1. The third-order valence-electron chi connectivity index (χ3n) is 4.76. The zero-order chi connectivity index (χ0) is 25.7. The number of aliphatic hydroxyl groups excluding tert-OH is 1. The van der Waals surface area contributed by atoms with E-state index in [4.69, 9.17) is 9.47 Å². The molecule has 1 aliphatic rings. The first kappa shape index (κ1) is 25.5. The molecule has 2 N–H and O–H groups in total. The number of ether oxygens (including phenoxy) is 2. The maximum Gasteiger partial charge on any atom is 0.344 e. The van der Waals surface area contributed by atoms with Gasteiger partial charge in [-0.15, -0.1) is 0 Å². The van der Waals surface area contributed by atoms with Gasteiger partial charge < -0.3 is 19.7 Å². The van der Waals surface area contributed by atoms with E-state index in [0.29, 0.717) is 0 Å². The molecule has 0 aliphatic carbocycles. The number of phenols is 1. The molecule has 0 radical (unpaired) electrons. The summed E-state index contributed by atoms with van der Waals surface area (Å²) >= 11 is 0.788. The van der Waals surface area contributed by atoms with Crippen molar-refractivity contribution >= 4 is 40.4 Å². The maximum atomic E-state index is 12.7. The first-order chi connectivity index (χ1) is 16.7. The lowest BCUT2D eigenvalue weighted by atomic mass is 10.1. The molecule has 11 heteroatoms. The summed E-state index contributed by atoms with van der Waals surface area (Å²) in [5.41, 5.74) is 0.521. The largest absolute Gasteiger partial charge is 0.506 e. The maximum absolute atomic E-state index is 12.7. The van der Waals surface area contributed by atoms with Crippen molar-refractivity contribution in [2.75, 3.05) is 13.2 Å². The Labute approximate surface area is 204 Å². The van der Waals surface area contributed by atoms with Crippen LogP contribution in [0.1, 0.15) is 35.3 Å². The highest BCUT2D eigenvalue weighted by molar-refractivity contribution is 8.18. The number of esters is 1. The lowest BCUT2D eigenvalue weighted by Crippen LogP contribution is -2.14. The zero-order valence-corrected chi connectivity index (χ0v) is 19.9. The Morgan fingerprint density at radius 2 is 1.83 bits per heavy atom. The predicted molar refractivity (Wildman–Crippen MR) is 131 cm³/mol. The number of hydrogen-bond acceptors (Lipinski definition) is 9. The quantitative estimate of drug-likeness (QED) is 0.314. The number of hydrogen-bond donors (Lipinski definition) is 2. The number of phenolic OH excluding ortho intramolecular Hbond substituents is 1. The highest BCUT2D eigenvalue weighted by atomic mass is 32.2. The third kappa shape index (κ3) is 5.69. The smallest absolute Gasteiger partial charge is 0.344 e. The van der Waals surface area contributed by atoms with Crippen molar-refractivity contribution < 1.29 is 34.2 Å². The van der Waals surface area contributed by atoms with E-state index < -0.39 is 28.3 Å². The molecule has 0 saturated heterocycles. The van der Waals surface area contributed by atoms with Gasteiger partial charge in [0.05, 0.1) is 29.1 Å². The van der Waals surface area contributed by atoms with E-state index in [1.807, 2.05) is 6.92 Å². The Morgan fingerprint density at radius 1 is 1.14 bits per heavy atom. The first-order valence-electron chi connectivity index (χ1n) is 10.5. The van der Waals surface area contributed by atoms with Crippen LogP contribution < -0.4 is 4.74 Å². The van der Waals surface area contributed by atoms with Crippen LogP contribution in [0.4, 0.5) is 5.69 Å². The van der Waals surface area contributed by atoms with Gasteiger partial charge in [-0.3, -0.25) is 14.9 Å². The Balaban J connectivity index is 2.10. The molecule has 0 aromatic heterocycles. The second kappa shape index (κ2) is 10.9. The van der Waals surface area contributed by atoms with E-state index in [0.717, 1.165) is 29.5 Å². The van der Waals surface area contributed by atoms with Gasteiger partial charge in [-0.05, 0) is 39.0 Å². The van der Waals surface area contributed by atoms with Crippen molar-refractivity contribution in [2.24, 2.45) is 4.99 Å². The van der Waals surface area contributed by atoms with Gasteiger partial charge in [-0.25, -0.2) is 9.79 Å².